The standard InChI is InChI=1S/C20H19N3O3S/c1-13-2-8-16(9-3-13)26-11-19-23-17(12-27-19)20(25)22-15-6-4-14(5-7-15)10-18(21)24/h2-9,12H,10-11H2,1H3,(H2,21,24)(H,22,25). The molecule has 1 aromatic heterocycles. The van der Waals surface area contributed by atoms with Crippen LogP contribution in [0.5, 0.6) is 5.75 Å². The van der Waals surface area contributed by atoms with Gasteiger partial charge >= 0.3 is 0 Å². The largest absolute Gasteiger partial charge is 0.486 e. The number of hydrogen-bond acceptors (Lipinski definition) is 5. The Balaban J connectivity index is 1.56. The van der Waals surface area contributed by atoms with Crippen LogP contribution in [0.4, 0.5) is 5.69 Å². The van der Waals surface area contributed by atoms with Gasteiger partial charge in [0.1, 0.15) is 23.1 Å². The van der Waals surface area contributed by atoms with Gasteiger partial charge in [-0.25, -0.2) is 4.98 Å². The monoisotopic (exact) mass is 381 g/mol. The molecule has 0 bridgehead atoms. The molecule has 0 fully saturated rings. The van der Waals surface area contributed by atoms with E-state index in [9.17, 15) is 9.59 Å². The Hall–Kier alpha value is -3.19. The second-order valence-corrected chi connectivity index (χ2v) is 6.97. The highest BCUT2D eigenvalue weighted by Crippen LogP contribution is 2.17. The van der Waals surface area contributed by atoms with Gasteiger partial charge in [-0.1, -0.05) is 29.8 Å². The molecule has 6 nitrogen and oxygen atoms in total. The first-order chi connectivity index (χ1) is 13.0. The van der Waals surface area contributed by atoms with Gasteiger partial charge < -0.3 is 15.8 Å². The summed E-state index contributed by atoms with van der Waals surface area (Å²) in [4.78, 5) is 27.5. The molecule has 0 spiro atoms. The van der Waals surface area contributed by atoms with Crippen LogP contribution in [-0.4, -0.2) is 16.8 Å². The maximum atomic E-state index is 12.3. The highest BCUT2D eigenvalue weighted by Gasteiger charge is 2.12. The van der Waals surface area contributed by atoms with Crippen molar-refractivity contribution in [3.05, 3.63) is 75.7 Å². The van der Waals surface area contributed by atoms with Gasteiger partial charge in [0.15, 0.2) is 0 Å². The van der Waals surface area contributed by atoms with Gasteiger partial charge in [-0.15, -0.1) is 11.3 Å². The molecular weight excluding hydrogens is 362 g/mol. The van der Waals surface area contributed by atoms with Crippen LogP contribution < -0.4 is 15.8 Å². The normalized spacial score (nSPS) is 10.4. The van der Waals surface area contributed by atoms with Crippen molar-refractivity contribution in [1.82, 2.24) is 4.98 Å². The smallest absolute Gasteiger partial charge is 0.275 e. The summed E-state index contributed by atoms with van der Waals surface area (Å²) in [6.07, 6.45) is 0.171. The molecule has 3 N–H and O–H groups in total. The summed E-state index contributed by atoms with van der Waals surface area (Å²) < 4.78 is 5.68. The number of hydrogen-bond donors (Lipinski definition) is 2. The predicted octanol–water partition coefficient (Wildman–Crippen LogP) is 3.31. The Kier molecular flexibility index (Phi) is 5.83. The summed E-state index contributed by atoms with van der Waals surface area (Å²) in [5.41, 5.74) is 8.09. The second kappa shape index (κ2) is 8.46. The van der Waals surface area contributed by atoms with Gasteiger partial charge in [0, 0.05) is 11.1 Å². The van der Waals surface area contributed by atoms with E-state index in [1.165, 1.54) is 16.9 Å². The molecule has 0 unspecified atom stereocenters. The van der Waals surface area contributed by atoms with Crippen molar-refractivity contribution >= 4 is 28.8 Å². The lowest BCUT2D eigenvalue weighted by molar-refractivity contribution is -0.117. The molecule has 0 aliphatic rings. The van der Waals surface area contributed by atoms with Crippen molar-refractivity contribution in [3.63, 3.8) is 0 Å². The first-order valence-electron chi connectivity index (χ1n) is 8.32. The number of anilines is 1. The fraction of sp³-hybridized carbons (Fsp3) is 0.150. The van der Waals surface area contributed by atoms with Gasteiger partial charge in [0.05, 0.1) is 6.42 Å². The number of rotatable bonds is 7. The molecular formula is C20H19N3O3S. The van der Waals surface area contributed by atoms with E-state index in [-0.39, 0.29) is 12.3 Å². The van der Waals surface area contributed by atoms with Gasteiger partial charge in [-0.2, -0.15) is 0 Å². The average Bonchev–Trinajstić information content (AvgIpc) is 3.12. The molecule has 0 radical (unpaired) electrons. The number of amides is 2. The van der Waals surface area contributed by atoms with E-state index in [2.05, 4.69) is 10.3 Å². The number of primary amides is 1. The second-order valence-electron chi connectivity index (χ2n) is 6.02. The fourth-order valence-electron chi connectivity index (χ4n) is 2.36. The van der Waals surface area contributed by atoms with Crippen molar-refractivity contribution in [2.75, 3.05) is 5.32 Å². The molecule has 0 saturated heterocycles. The quantitative estimate of drug-likeness (QED) is 0.656. The van der Waals surface area contributed by atoms with Crippen LogP contribution in [0, 0.1) is 6.92 Å². The zero-order valence-corrected chi connectivity index (χ0v) is 15.6. The van der Waals surface area contributed by atoms with E-state index >= 15 is 0 Å². The third kappa shape index (κ3) is 5.39. The van der Waals surface area contributed by atoms with E-state index in [4.69, 9.17) is 10.5 Å². The maximum absolute atomic E-state index is 12.3. The SMILES string of the molecule is Cc1ccc(OCc2nc(C(=O)Nc3ccc(CC(N)=O)cc3)cs2)cc1. The number of aryl methyl sites for hydroxylation is 1. The third-order valence-corrected chi connectivity index (χ3v) is 4.58. The van der Waals surface area contributed by atoms with Crippen LogP contribution in [-0.2, 0) is 17.8 Å². The van der Waals surface area contributed by atoms with Crippen LogP contribution in [0.3, 0.4) is 0 Å². The lowest BCUT2D eigenvalue weighted by Gasteiger charge is -2.05. The third-order valence-electron chi connectivity index (χ3n) is 3.76. The number of aromatic nitrogens is 1. The Morgan fingerprint density at radius 1 is 1.11 bits per heavy atom. The number of nitrogens with two attached hydrogens (primary N) is 1. The van der Waals surface area contributed by atoms with Crippen molar-refractivity contribution in [2.45, 2.75) is 20.0 Å². The molecule has 0 atom stereocenters. The number of ether oxygens (including phenoxy) is 1. The molecule has 3 aromatic rings. The maximum Gasteiger partial charge on any atom is 0.275 e. The lowest BCUT2D eigenvalue weighted by Crippen LogP contribution is -2.14. The lowest BCUT2D eigenvalue weighted by atomic mass is 10.1. The van der Waals surface area contributed by atoms with Crippen molar-refractivity contribution in [3.8, 4) is 5.75 Å². The van der Waals surface area contributed by atoms with Crippen molar-refractivity contribution < 1.29 is 14.3 Å². The van der Waals surface area contributed by atoms with Crippen LogP contribution >= 0.6 is 11.3 Å². The zero-order chi connectivity index (χ0) is 19.2. The van der Waals surface area contributed by atoms with E-state index in [0.29, 0.717) is 18.0 Å². The van der Waals surface area contributed by atoms with Gasteiger partial charge in [0.2, 0.25) is 5.91 Å². The number of nitrogens with one attached hydrogen (secondary N) is 1. The molecule has 7 heteroatoms. The van der Waals surface area contributed by atoms with E-state index in [0.717, 1.165) is 16.3 Å². The van der Waals surface area contributed by atoms with E-state index < -0.39 is 5.91 Å². The number of nitrogens with zero attached hydrogens (tertiary/aromatic N) is 1. The molecule has 27 heavy (non-hydrogen) atoms. The summed E-state index contributed by atoms with van der Waals surface area (Å²) in [5.74, 6) is 0.0722. The highest BCUT2D eigenvalue weighted by atomic mass is 32.1. The fourth-order valence-corrected chi connectivity index (χ4v) is 3.05. The van der Waals surface area contributed by atoms with Crippen molar-refractivity contribution in [2.24, 2.45) is 5.73 Å². The van der Waals surface area contributed by atoms with E-state index in [1.54, 1.807) is 29.6 Å². The minimum atomic E-state index is -0.394. The Bertz CT molecular complexity index is 934. The molecule has 2 amide bonds. The van der Waals surface area contributed by atoms with Crippen LogP contribution in [0.25, 0.3) is 0 Å². The zero-order valence-electron chi connectivity index (χ0n) is 14.8. The molecule has 1 heterocycles. The Labute approximate surface area is 161 Å². The van der Waals surface area contributed by atoms with Gasteiger partial charge in [-0.05, 0) is 36.8 Å². The van der Waals surface area contributed by atoms with E-state index in [1.807, 2.05) is 31.2 Å². The molecule has 0 saturated carbocycles. The minimum absolute atomic E-state index is 0.171. The number of carbonyl (C=O) groups is 2. The number of thiazole rings is 1. The van der Waals surface area contributed by atoms with Crippen LogP contribution in [0.1, 0.15) is 26.6 Å². The van der Waals surface area contributed by atoms with Gasteiger partial charge in [0.25, 0.3) is 5.91 Å². The predicted molar refractivity (Wildman–Crippen MR) is 105 cm³/mol. The molecule has 0 aliphatic carbocycles. The summed E-state index contributed by atoms with van der Waals surface area (Å²) >= 11 is 1.37. The summed E-state index contributed by atoms with van der Waals surface area (Å²) in [7, 11) is 0. The molecule has 3 rings (SSSR count). The molecule has 0 aliphatic heterocycles. The number of benzene rings is 2. The first-order valence-corrected chi connectivity index (χ1v) is 9.20. The van der Waals surface area contributed by atoms with Crippen LogP contribution in [0.15, 0.2) is 53.9 Å². The van der Waals surface area contributed by atoms with Gasteiger partial charge in [-0.3, -0.25) is 9.59 Å². The molecule has 138 valence electrons. The number of carbonyl (C=O) groups excluding carboxylic acids is 2. The summed E-state index contributed by atoms with van der Waals surface area (Å²) in [6.45, 7) is 2.32. The molecule has 2 aromatic carbocycles. The average molecular weight is 381 g/mol. The van der Waals surface area contributed by atoms with Crippen molar-refractivity contribution in [1.29, 1.82) is 0 Å². The summed E-state index contributed by atoms with van der Waals surface area (Å²) in [5, 5.41) is 5.20. The Morgan fingerprint density at radius 2 is 1.81 bits per heavy atom. The topological polar surface area (TPSA) is 94.3 Å². The highest BCUT2D eigenvalue weighted by molar-refractivity contribution is 7.09. The first kappa shape index (κ1) is 18.6. The summed E-state index contributed by atoms with van der Waals surface area (Å²) in [6, 6.07) is 14.7. The van der Waals surface area contributed by atoms with Crippen LogP contribution in [0.2, 0.25) is 0 Å². The minimum Gasteiger partial charge on any atom is -0.486 e. The Morgan fingerprint density at radius 3 is 2.48 bits per heavy atom.